The average molecular weight is 403 g/mol. The lowest BCUT2D eigenvalue weighted by Gasteiger charge is -2.24. The topological polar surface area (TPSA) is 41.6 Å². The van der Waals surface area contributed by atoms with Gasteiger partial charge < -0.3 is 15.0 Å². The summed E-state index contributed by atoms with van der Waals surface area (Å²) in [6, 6.07) is 13.7. The van der Waals surface area contributed by atoms with Crippen LogP contribution in [0.15, 0.2) is 46.9 Å². The Kier molecular flexibility index (Phi) is 5.63. The van der Waals surface area contributed by atoms with Crippen molar-refractivity contribution in [2.24, 2.45) is 0 Å². The predicted octanol–water partition coefficient (Wildman–Crippen LogP) is 4.55. The van der Waals surface area contributed by atoms with Crippen LogP contribution in [0.25, 0.3) is 11.1 Å². The van der Waals surface area contributed by atoms with Gasteiger partial charge in [0.25, 0.3) is 0 Å². The van der Waals surface area contributed by atoms with E-state index in [1.807, 2.05) is 54.3 Å². The van der Waals surface area contributed by atoms with Gasteiger partial charge in [-0.3, -0.25) is 4.79 Å². The first kappa shape index (κ1) is 17.8. The Bertz CT molecular complexity index is 740. The van der Waals surface area contributed by atoms with Crippen LogP contribution in [-0.4, -0.2) is 37.0 Å². The largest absolute Gasteiger partial charge is 0.496 e. The zero-order valence-electron chi connectivity index (χ0n) is 14.6. The normalized spacial score (nSPS) is 15.1. The molecule has 132 valence electrons. The molecule has 0 radical (unpaired) electrons. The van der Waals surface area contributed by atoms with Crippen LogP contribution in [0, 0.1) is 0 Å². The van der Waals surface area contributed by atoms with Gasteiger partial charge in [-0.05, 0) is 49.6 Å². The molecule has 2 aromatic rings. The van der Waals surface area contributed by atoms with E-state index in [4.69, 9.17) is 4.74 Å². The summed E-state index contributed by atoms with van der Waals surface area (Å²) in [4.78, 5) is 14.6. The minimum absolute atomic E-state index is 0.155. The summed E-state index contributed by atoms with van der Waals surface area (Å²) in [5, 5.41) is 3.39. The third-order valence-corrected chi connectivity index (χ3v) is 5.07. The molecule has 0 spiro atoms. The molecule has 0 saturated carbocycles. The summed E-state index contributed by atoms with van der Waals surface area (Å²) in [6.07, 6.45) is 2.20. The number of carbonyl (C=O) groups is 1. The second-order valence-electron chi connectivity index (χ2n) is 6.29. The van der Waals surface area contributed by atoms with Gasteiger partial charge in [0, 0.05) is 28.8 Å². The Morgan fingerprint density at radius 2 is 1.84 bits per heavy atom. The van der Waals surface area contributed by atoms with Gasteiger partial charge in [-0.2, -0.15) is 0 Å². The Morgan fingerprint density at radius 3 is 2.48 bits per heavy atom. The van der Waals surface area contributed by atoms with E-state index in [0.717, 1.165) is 53.0 Å². The number of methoxy groups -OCH3 is 1. The van der Waals surface area contributed by atoms with Crippen LogP contribution in [0.4, 0.5) is 5.69 Å². The molecule has 1 aliphatic heterocycles. The van der Waals surface area contributed by atoms with Crippen LogP contribution in [0.2, 0.25) is 0 Å². The van der Waals surface area contributed by atoms with E-state index in [9.17, 15) is 4.79 Å². The molecule has 25 heavy (non-hydrogen) atoms. The van der Waals surface area contributed by atoms with E-state index in [0.29, 0.717) is 0 Å². The highest BCUT2D eigenvalue weighted by Gasteiger charge is 2.24. The lowest BCUT2D eigenvalue weighted by Crippen LogP contribution is -2.39. The number of hydrogen-bond acceptors (Lipinski definition) is 3. The van der Waals surface area contributed by atoms with Gasteiger partial charge in [0.2, 0.25) is 5.91 Å². The fourth-order valence-electron chi connectivity index (χ4n) is 3.24. The van der Waals surface area contributed by atoms with Crippen molar-refractivity contribution >= 4 is 27.5 Å². The molecule has 5 heteroatoms. The van der Waals surface area contributed by atoms with Gasteiger partial charge in [0.1, 0.15) is 11.8 Å². The van der Waals surface area contributed by atoms with Crippen molar-refractivity contribution in [2.75, 3.05) is 25.5 Å². The number of ether oxygens (including phenoxy) is 1. The van der Waals surface area contributed by atoms with Crippen molar-refractivity contribution in [2.45, 2.75) is 25.8 Å². The summed E-state index contributed by atoms with van der Waals surface area (Å²) in [5.41, 5.74) is 2.92. The highest BCUT2D eigenvalue weighted by molar-refractivity contribution is 9.10. The monoisotopic (exact) mass is 402 g/mol. The summed E-state index contributed by atoms with van der Waals surface area (Å²) < 4.78 is 6.59. The molecule has 1 saturated heterocycles. The first-order valence-electron chi connectivity index (χ1n) is 8.58. The third-order valence-electron chi connectivity index (χ3n) is 4.54. The SMILES string of the molecule is COc1cccc(NC(C)C(=O)N2CCCC2)c1-c1ccc(Br)cc1. The van der Waals surface area contributed by atoms with E-state index in [1.165, 1.54) is 0 Å². The van der Waals surface area contributed by atoms with E-state index in [2.05, 4.69) is 21.2 Å². The summed E-state index contributed by atoms with van der Waals surface area (Å²) in [7, 11) is 1.67. The zero-order chi connectivity index (χ0) is 17.8. The van der Waals surface area contributed by atoms with Gasteiger partial charge in [-0.25, -0.2) is 0 Å². The maximum absolute atomic E-state index is 12.6. The fraction of sp³-hybridized carbons (Fsp3) is 0.350. The number of anilines is 1. The summed E-state index contributed by atoms with van der Waals surface area (Å²) >= 11 is 3.47. The Balaban J connectivity index is 1.90. The minimum atomic E-state index is -0.278. The van der Waals surface area contributed by atoms with Crippen molar-refractivity contribution < 1.29 is 9.53 Å². The second kappa shape index (κ2) is 7.91. The van der Waals surface area contributed by atoms with E-state index < -0.39 is 0 Å². The highest BCUT2D eigenvalue weighted by atomic mass is 79.9. The molecule has 1 amide bonds. The molecule has 1 heterocycles. The van der Waals surface area contributed by atoms with E-state index >= 15 is 0 Å². The molecule has 4 nitrogen and oxygen atoms in total. The van der Waals surface area contributed by atoms with Gasteiger partial charge in [-0.1, -0.05) is 34.1 Å². The molecule has 2 aromatic carbocycles. The number of rotatable bonds is 5. The van der Waals surface area contributed by atoms with Crippen molar-refractivity contribution in [1.29, 1.82) is 0 Å². The maximum Gasteiger partial charge on any atom is 0.244 e. The lowest BCUT2D eigenvalue weighted by molar-refractivity contribution is -0.130. The number of amides is 1. The number of halogens is 1. The summed E-state index contributed by atoms with van der Waals surface area (Å²) in [6.45, 7) is 3.65. The number of benzene rings is 2. The van der Waals surface area contributed by atoms with Crippen LogP contribution in [-0.2, 0) is 4.79 Å². The molecular weight excluding hydrogens is 380 g/mol. The van der Waals surface area contributed by atoms with Crippen molar-refractivity contribution in [3.63, 3.8) is 0 Å². The first-order valence-corrected chi connectivity index (χ1v) is 9.37. The van der Waals surface area contributed by atoms with Gasteiger partial charge in [0.15, 0.2) is 0 Å². The molecule has 1 unspecified atom stereocenters. The standard InChI is InChI=1S/C20H23BrN2O2/c1-14(20(24)23-12-3-4-13-23)22-17-6-5-7-18(25-2)19(17)15-8-10-16(21)11-9-15/h5-11,14,22H,3-4,12-13H2,1-2H3. The molecule has 0 aliphatic carbocycles. The molecule has 1 aliphatic rings. The zero-order valence-corrected chi connectivity index (χ0v) is 16.2. The Labute approximate surface area is 157 Å². The Morgan fingerprint density at radius 1 is 1.16 bits per heavy atom. The third kappa shape index (κ3) is 3.98. The molecule has 3 rings (SSSR count). The number of nitrogens with zero attached hydrogens (tertiary/aromatic N) is 1. The Hall–Kier alpha value is -2.01. The van der Waals surface area contributed by atoms with Gasteiger partial charge >= 0.3 is 0 Å². The maximum atomic E-state index is 12.6. The van der Waals surface area contributed by atoms with Crippen LogP contribution >= 0.6 is 15.9 Å². The average Bonchev–Trinajstić information content (AvgIpc) is 3.16. The summed E-state index contributed by atoms with van der Waals surface area (Å²) in [5.74, 6) is 0.940. The number of hydrogen-bond donors (Lipinski definition) is 1. The minimum Gasteiger partial charge on any atom is -0.496 e. The molecular formula is C20H23BrN2O2. The number of nitrogens with one attached hydrogen (secondary N) is 1. The van der Waals surface area contributed by atoms with Gasteiger partial charge in [0.05, 0.1) is 7.11 Å². The number of likely N-dealkylation sites (tertiary alicyclic amines) is 1. The van der Waals surface area contributed by atoms with Crippen molar-refractivity contribution in [3.8, 4) is 16.9 Å². The quantitative estimate of drug-likeness (QED) is 0.797. The van der Waals surface area contributed by atoms with Gasteiger partial charge in [-0.15, -0.1) is 0 Å². The second-order valence-corrected chi connectivity index (χ2v) is 7.20. The lowest BCUT2D eigenvalue weighted by atomic mass is 10.0. The van der Waals surface area contributed by atoms with Crippen molar-refractivity contribution in [1.82, 2.24) is 4.90 Å². The fourth-order valence-corrected chi connectivity index (χ4v) is 3.51. The van der Waals surface area contributed by atoms with Crippen LogP contribution in [0.5, 0.6) is 5.75 Å². The molecule has 0 aromatic heterocycles. The highest BCUT2D eigenvalue weighted by Crippen LogP contribution is 2.37. The van der Waals surface area contributed by atoms with Crippen LogP contribution in [0.3, 0.4) is 0 Å². The molecule has 1 atom stereocenters. The smallest absolute Gasteiger partial charge is 0.244 e. The van der Waals surface area contributed by atoms with E-state index in [-0.39, 0.29) is 11.9 Å². The van der Waals surface area contributed by atoms with Crippen LogP contribution in [0.1, 0.15) is 19.8 Å². The van der Waals surface area contributed by atoms with Crippen LogP contribution < -0.4 is 10.1 Å². The first-order chi connectivity index (χ1) is 12.1. The predicted molar refractivity (Wildman–Crippen MR) is 105 cm³/mol. The van der Waals surface area contributed by atoms with Crippen molar-refractivity contribution in [3.05, 3.63) is 46.9 Å². The molecule has 1 N–H and O–H groups in total. The molecule has 0 bridgehead atoms. The molecule has 1 fully saturated rings. The van der Waals surface area contributed by atoms with E-state index in [1.54, 1.807) is 7.11 Å². The number of carbonyl (C=O) groups excluding carboxylic acids is 1.